The van der Waals surface area contributed by atoms with Gasteiger partial charge in [0.2, 0.25) is 0 Å². The van der Waals surface area contributed by atoms with E-state index in [1.54, 1.807) is 0 Å². The summed E-state index contributed by atoms with van der Waals surface area (Å²) in [5.41, 5.74) is -0.856. The third-order valence-corrected chi connectivity index (χ3v) is 10.6. The van der Waals surface area contributed by atoms with Crippen LogP contribution in [0, 0.1) is 71.0 Å². The molecule has 0 N–H and O–H groups in total. The summed E-state index contributed by atoms with van der Waals surface area (Å²) in [5, 5.41) is 0. The summed E-state index contributed by atoms with van der Waals surface area (Å²) >= 11 is 0. The van der Waals surface area contributed by atoms with Crippen molar-refractivity contribution in [2.75, 3.05) is 6.61 Å². The molecule has 0 amide bonds. The summed E-state index contributed by atoms with van der Waals surface area (Å²) in [6.45, 7) is 45.1. The molecule has 1 heterocycles. The number of alkyl halides is 1. The highest BCUT2D eigenvalue weighted by Gasteiger charge is 2.38. The molecule has 0 aromatic heterocycles. The van der Waals surface area contributed by atoms with Gasteiger partial charge in [-0.1, -0.05) is 138 Å². The van der Waals surface area contributed by atoms with E-state index in [0.29, 0.717) is 12.0 Å². The molecular formula is C45H95BFO. The van der Waals surface area contributed by atoms with E-state index in [2.05, 4.69) is 111 Å². The van der Waals surface area contributed by atoms with Gasteiger partial charge in [-0.15, -0.1) is 0 Å². The normalized spacial score (nSPS) is 27.1. The van der Waals surface area contributed by atoms with Gasteiger partial charge < -0.3 is 4.74 Å². The first-order valence-electron chi connectivity index (χ1n) is 20.9. The highest BCUT2D eigenvalue weighted by atomic mass is 19.1. The van der Waals surface area contributed by atoms with E-state index in [4.69, 9.17) is 4.74 Å². The smallest absolute Gasteiger partial charge is 0.113 e. The fraction of sp³-hybridized carbons (Fsp3) is 1.00. The minimum Gasteiger partial charge on any atom is -0.378 e. The maximum atomic E-state index is 14.1. The second-order valence-electron chi connectivity index (χ2n) is 18.6. The van der Waals surface area contributed by atoms with Crippen molar-refractivity contribution in [1.82, 2.24) is 0 Å². The first-order valence-corrected chi connectivity index (χ1v) is 20.9. The van der Waals surface area contributed by atoms with Crippen LogP contribution >= 0.6 is 0 Å². The molecule has 3 rings (SSSR count). The molecule has 3 heteroatoms. The molecule has 0 spiro atoms. The van der Waals surface area contributed by atoms with Gasteiger partial charge in [-0.25, -0.2) is 4.39 Å². The van der Waals surface area contributed by atoms with Crippen LogP contribution in [0.4, 0.5) is 4.39 Å². The first-order chi connectivity index (χ1) is 21.6. The van der Waals surface area contributed by atoms with Crippen molar-refractivity contribution >= 4 is 8.41 Å². The molecule has 48 heavy (non-hydrogen) atoms. The molecule has 1 aliphatic heterocycles. The second kappa shape index (κ2) is 30.6. The summed E-state index contributed by atoms with van der Waals surface area (Å²) in [7, 11) is 0. The largest absolute Gasteiger partial charge is 0.378 e. The van der Waals surface area contributed by atoms with Gasteiger partial charge >= 0.3 is 0 Å². The van der Waals surface area contributed by atoms with Crippen molar-refractivity contribution in [2.24, 2.45) is 71.0 Å². The van der Waals surface area contributed by atoms with Gasteiger partial charge in [0.05, 0.1) is 12.7 Å². The zero-order valence-corrected chi connectivity index (χ0v) is 37.1. The van der Waals surface area contributed by atoms with Gasteiger partial charge in [-0.2, -0.15) is 0 Å². The quantitative estimate of drug-likeness (QED) is 0.254. The molecule has 3 aliphatic rings. The van der Waals surface area contributed by atoms with Crippen molar-refractivity contribution in [1.29, 1.82) is 0 Å². The third kappa shape index (κ3) is 27.7. The van der Waals surface area contributed by atoms with Crippen LogP contribution in [0.15, 0.2) is 0 Å². The topological polar surface area (TPSA) is 9.23 Å². The van der Waals surface area contributed by atoms with Crippen LogP contribution in [0.3, 0.4) is 0 Å². The average Bonchev–Trinajstić information content (AvgIpc) is 2.98. The Kier molecular flexibility index (Phi) is 34.9. The monoisotopic (exact) mass is 682 g/mol. The van der Waals surface area contributed by atoms with Crippen LogP contribution in [0.2, 0.25) is 0 Å². The van der Waals surface area contributed by atoms with Gasteiger partial charge in [0.1, 0.15) is 5.67 Å². The molecule has 1 saturated heterocycles. The molecule has 3 radical (unpaired) electrons. The van der Waals surface area contributed by atoms with Crippen molar-refractivity contribution < 1.29 is 9.13 Å². The fourth-order valence-corrected chi connectivity index (χ4v) is 6.69. The van der Waals surface area contributed by atoms with Gasteiger partial charge in [0, 0.05) is 8.41 Å². The molecule has 1 nitrogen and oxygen atoms in total. The highest BCUT2D eigenvalue weighted by Crippen LogP contribution is 2.42. The lowest BCUT2D eigenvalue weighted by molar-refractivity contribution is -0.0496. The molecule has 2 aliphatic carbocycles. The zero-order valence-electron chi connectivity index (χ0n) is 37.1. The lowest BCUT2D eigenvalue weighted by Gasteiger charge is -2.38. The minimum absolute atomic E-state index is 0. The van der Waals surface area contributed by atoms with E-state index in [0.717, 1.165) is 91.5 Å². The van der Waals surface area contributed by atoms with E-state index in [9.17, 15) is 4.39 Å². The van der Waals surface area contributed by atoms with E-state index < -0.39 is 5.67 Å². The maximum Gasteiger partial charge on any atom is 0.113 e. The molecule has 0 aromatic rings. The maximum absolute atomic E-state index is 14.1. The standard InChI is InChI=1S/C12H23F.C12H24.C11H22O.2C4H10.C2H6.B/c1-9(2)11-5-7-12(13,8-6-11)10(3)4;1-9(2)11-5-7-12(8-6-11)10(3)4;1-8(2)10-5-6-11(9(3)4)12-7-10;2*1-4(2)3;1-2;/h9-11H,5-8H2,1-4H3;9-12H,5-8H2,1-4H3;8-11H,5-7H2,1-4H3;2*4H,1-3H3;1-2H3;. The fourth-order valence-electron chi connectivity index (χ4n) is 6.69. The second-order valence-corrected chi connectivity index (χ2v) is 18.6. The van der Waals surface area contributed by atoms with E-state index >= 15 is 0 Å². The van der Waals surface area contributed by atoms with Gasteiger partial charge in [-0.3, -0.25) is 0 Å². The van der Waals surface area contributed by atoms with Gasteiger partial charge in [0.25, 0.3) is 0 Å². The molecule has 3 fully saturated rings. The number of rotatable bonds is 6. The number of hydrogen-bond acceptors (Lipinski definition) is 1. The summed E-state index contributed by atoms with van der Waals surface area (Å²) in [6, 6.07) is 0. The third-order valence-electron chi connectivity index (χ3n) is 10.6. The van der Waals surface area contributed by atoms with Crippen LogP contribution in [0.5, 0.6) is 0 Å². The summed E-state index contributed by atoms with van der Waals surface area (Å²) in [6.07, 6.45) is 12.8. The highest BCUT2D eigenvalue weighted by molar-refractivity contribution is 5.75. The number of ether oxygens (including phenoxy) is 1. The van der Waals surface area contributed by atoms with E-state index in [1.165, 1.54) is 38.5 Å². The Hall–Kier alpha value is -0.0451. The Balaban J connectivity index is -0.000000263. The van der Waals surface area contributed by atoms with Crippen molar-refractivity contribution in [2.45, 2.75) is 214 Å². The van der Waals surface area contributed by atoms with Crippen molar-refractivity contribution in [3.05, 3.63) is 0 Å². The van der Waals surface area contributed by atoms with Gasteiger partial charge in [0.15, 0.2) is 0 Å². The average molecular weight is 682 g/mol. The lowest BCUT2D eigenvalue weighted by Crippen LogP contribution is -2.35. The van der Waals surface area contributed by atoms with E-state index in [1.807, 2.05) is 27.7 Å². The molecule has 2 unspecified atom stereocenters. The zero-order chi connectivity index (χ0) is 37.5. The Morgan fingerprint density at radius 1 is 0.438 bits per heavy atom. The molecular weight excluding hydrogens is 586 g/mol. The predicted octanol–water partition coefficient (Wildman–Crippen LogP) is 15.4. The van der Waals surface area contributed by atoms with Gasteiger partial charge in [-0.05, 0) is 135 Å². The summed E-state index contributed by atoms with van der Waals surface area (Å²) < 4.78 is 19.9. The van der Waals surface area contributed by atoms with Crippen LogP contribution in [0.1, 0.15) is 203 Å². The van der Waals surface area contributed by atoms with Crippen LogP contribution < -0.4 is 0 Å². The summed E-state index contributed by atoms with van der Waals surface area (Å²) in [4.78, 5) is 0. The molecule has 291 valence electrons. The van der Waals surface area contributed by atoms with Crippen LogP contribution in [-0.4, -0.2) is 26.8 Å². The molecule has 0 aromatic carbocycles. The minimum atomic E-state index is -0.856. The summed E-state index contributed by atoms with van der Waals surface area (Å²) in [5.74, 6) is 9.53. The Bertz CT molecular complexity index is 568. The Labute approximate surface area is 308 Å². The van der Waals surface area contributed by atoms with Crippen LogP contribution in [0.25, 0.3) is 0 Å². The predicted molar refractivity (Wildman–Crippen MR) is 221 cm³/mol. The SMILES string of the molecule is CC.CC(C)C.CC(C)C.CC(C)C1CCC(C(C)C)CC1.CC(C)C1CCC(C(C)C)OC1.CC(C)C1CCC(F)(C(C)C)CC1.[B]. The first kappa shape index (κ1) is 54.7. The molecule has 2 atom stereocenters. The molecule has 2 saturated carbocycles. The number of hydrogen-bond donors (Lipinski definition) is 0. The van der Waals surface area contributed by atoms with Crippen molar-refractivity contribution in [3.8, 4) is 0 Å². The Morgan fingerprint density at radius 2 is 0.708 bits per heavy atom. The van der Waals surface area contributed by atoms with E-state index in [-0.39, 0.29) is 14.3 Å². The van der Waals surface area contributed by atoms with Crippen LogP contribution in [-0.2, 0) is 4.74 Å². The lowest BCUT2D eigenvalue weighted by atomic mass is 9.71. The number of halogens is 1. The van der Waals surface area contributed by atoms with Crippen molar-refractivity contribution in [3.63, 3.8) is 0 Å². The Morgan fingerprint density at radius 3 is 0.917 bits per heavy atom. The molecule has 0 bridgehead atoms.